The van der Waals surface area contributed by atoms with Crippen LogP contribution in [0.5, 0.6) is 0 Å². The van der Waals surface area contributed by atoms with Crippen LogP contribution in [0, 0.1) is 6.92 Å². The van der Waals surface area contributed by atoms with E-state index in [-0.39, 0.29) is 17.0 Å². The van der Waals surface area contributed by atoms with Crippen LogP contribution >= 0.6 is 0 Å². The number of carbonyl (C=O) groups is 1. The summed E-state index contributed by atoms with van der Waals surface area (Å²) < 4.78 is 38.1. The molecule has 0 aromatic heterocycles. The first-order chi connectivity index (χ1) is 13.9. The Morgan fingerprint density at radius 3 is 2.41 bits per heavy atom. The molecule has 0 unspecified atom stereocenters. The Hall–Kier alpha value is -2.26. The standard InChI is InChI=1S/C21H26N2O5S/c1-16-3-8-19(21(24)27-2)13-20(16)29(25,26)22-14-17-4-6-18(7-5-17)15-23-9-11-28-12-10-23/h3-8,13,22H,9-12,14-15H2,1-2H3. The zero-order valence-corrected chi connectivity index (χ0v) is 17.5. The molecule has 1 aliphatic rings. The number of aryl methyl sites for hydroxylation is 1. The molecule has 3 rings (SSSR count). The topological polar surface area (TPSA) is 84.9 Å². The molecule has 29 heavy (non-hydrogen) atoms. The number of esters is 1. The van der Waals surface area contributed by atoms with Gasteiger partial charge in [0.25, 0.3) is 0 Å². The number of benzene rings is 2. The van der Waals surface area contributed by atoms with Gasteiger partial charge in [-0.3, -0.25) is 4.90 Å². The third kappa shape index (κ3) is 5.63. The molecule has 2 aromatic carbocycles. The van der Waals surface area contributed by atoms with Crippen LogP contribution in [-0.4, -0.2) is 52.7 Å². The maximum Gasteiger partial charge on any atom is 0.337 e. The van der Waals surface area contributed by atoms with E-state index in [9.17, 15) is 13.2 Å². The van der Waals surface area contributed by atoms with Crippen molar-refractivity contribution in [3.05, 3.63) is 64.7 Å². The van der Waals surface area contributed by atoms with Crippen molar-refractivity contribution >= 4 is 16.0 Å². The van der Waals surface area contributed by atoms with Crippen LogP contribution in [0.1, 0.15) is 27.0 Å². The number of sulfonamides is 1. The van der Waals surface area contributed by atoms with Gasteiger partial charge in [0.15, 0.2) is 0 Å². The molecule has 1 saturated heterocycles. The highest BCUT2D eigenvalue weighted by Crippen LogP contribution is 2.18. The lowest BCUT2D eigenvalue weighted by Gasteiger charge is -2.26. The summed E-state index contributed by atoms with van der Waals surface area (Å²) in [5, 5.41) is 0. The van der Waals surface area contributed by atoms with Crippen molar-refractivity contribution < 1.29 is 22.7 Å². The van der Waals surface area contributed by atoms with Gasteiger partial charge in [0.1, 0.15) is 0 Å². The van der Waals surface area contributed by atoms with Gasteiger partial charge in [-0.1, -0.05) is 30.3 Å². The number of hydrogen-bond donors (Lipinski definition) is 1. The fourth-order valence-electron chi connectivity index (χ4n) is 3.17. The molecule has 0 atom stereocenters. The van der Waals surface area contributed by atoms with Gasteiger partial charge in [0, 0.05) is 26.2 Å². The Morgan fingerprint density at radius 2 is 1.76 bits per heavy atom. The number of nitrogens with zero attached hydrogens (tertiary/aromatic N) is 1. The zero-order valence-electron chi connectivity index (χ0n) is 16.7. The minimum absolute atomic E-state index is 0.0735. The average Bonchev–Trinajstić information content (AvgIpc) is 2.73. The third-order valence-corrected chi connectivity index (χ3v) is 6.44. The van der Waals surface area contributed by atoms with Crippen molar-refractivity contribution in [3.63, 3.8) is 0 Å². The van der Waals surface area contributed by atoms with E-state index in [0.29, 0.717) is 5.56 Å². The predicted molar refractivity (Wildman–Crippen MR) is 109 cm³/mol. The largest absolute Gasteiger partial charge is 0.465 e. The monoisotopic (exact) mass is 418 g/mol. The lowest BCUT2D eigenvalue weighted by Crippen LogP contribution is -2.35. The molecule has 0 bridgehead atoms. The zero-order chi connectivity index (χ0) is 20.9. The number of hydrogen-bond acceptors (Lipinski definition) is 6. The number of morpholine rings is 1. The number of nitrogens with one attached hydrogen (secondary N) is 1. The van der Waals surface area contributed by atoms with Crippen molar-refractivity contribution in [1.29, 1.82) is 0 Å². The van der Waals surface area contributed by atoms with Crippen LogP contribution in [0.15, 0.2) is 47.4 Å². The lowest BCUT2D eigenvalue weighted by atomic mass is 10.1. The highest BCUT2D eigenvalue weighted by atomic mass is 32.2. The number of ether oxygens (including phenoxy) is 2. The Balaban J connectivity index is 1.65. The molecule has 0 saturated carbocycles. The van der Waals surface area contributed by atoms with Gasteiger partial charge in [-0.15, -0.1) is 0 Å². The van der Waals surface area contributed by atoms with Crippen LogP contribution < -0.4 is 4.72 Å². The molecule has 0 radical (unpaired) electrons. The Morgan fingerprint density at radius 1 is 1.10 bits per heavy atom. The average molecular weight is 419 g/mol. The second kappa shape index (κ2) is 9.49. The van der Waals surface area contributed by atoms with Gasteiger partial charge in [-0.2, -0.15) is 0 Å². The molecule has 0 spiro atoms. The number of rotatable bonds is 7. The van der Waals surface area contributed by atoms with Crippen LogP contribution in [0.2, 0.25) is 0 Å². The molecular weight excluding hydrogens is 392 g/mol. The molecule has 8 heteroatoms. The van der Waals surface area contributed by atoms with E-state index < -0.39 is 16.0 Å². The maximum absolute atomic E-state index is 12.7. The first-order valence-electron chi connectivity index (χ1n) is 9.45. The van der Waals surface area contributed by atoms with Gasteiger partial charge >= 0.3 is 5.97 Å². The molecule has 1 heterocycles. The van der Waals surface area contributed by atoms with E-state index in [1.165, 1.54) is 18.7 Å². The van der Waals surface area contributed by atoms with Crippen LogP contribution in [0.3, 0.4) is 0 Å². The van der Waals surface area contributed by atoms with E-state index in [1.54, 1.807) is 19.1 Å². The van der Waals surface area contributed by atoms with Crippen LogP contribution in [-0.2, 0) is 32.6 Å². The molecule has 1 N–H and O–H groups in total. The lowest BCUT2D eigenvalue weighted by molar-refractivity contribution is 0.0342. The smallest absolute Gasteiger partial charge is 0.337 e. The fourth-order valence-corrected chi connectivity index (χ4v) is 4.46. The summed E-state index contributed by atoms with van der Waals surface area (Å²) in [5.74, 6) is -0.572. The van der Waals surface area contributed by atoms with Gasteiger partial charge < -0.3 is 9.47 Å². The summed E-state index contributed by atoms with van der Waals surface area (Å²) in [4.78, 5) is 14.1. The highest BCUT2D eigenvalue weighted by molar-refractivity contribution is 7.89. The summed E-state index contributed by atoms with van der Waals surface area (Å²) in [5.41, 5.74) is 2.80. The van der Waals surface area contributed by atoms with E-state index >= 15 is 0 Å². The second-order valence-electron chi connectivity index (χ2n) is 7.00. The quantitative estimate of drug-likeness (QED) is 0.693. The van der Waals surface area contributed by atoms with Crippen molar-refractivity contribution in [1.82, 2.24) is 9.62 Å². The molecular formula is C21H26N2O5S. The van der Waals surface area contributed by atoms with Crippen LogP contribution in [0.4, 0.5) is 0 Å². The summed E-state index contributed by atoms with van der Waals surface area (Å²) in [6.45, 7) is 6.08. The molecule has 1 aliphatic heterocycles. The Bertz CT molecular complexity index is 952. The minimum atomic E-state index is -3.77. The van der Waals surface area contributed by atoms with Crippen LogP contribution in [0.25, 0.3) is 0 Å². The van der Waals surface area contributed by atoms with Gasteiger partial charge in [-0.25, -0.2) is 17.9 Å². The molecule has 7 nitrogen and oxygen atoms in total. The van der Waals surface area contributed by atoms with Crippen molar-refractivity contribution in [2.75, 3.05) is 33.4 Å². The fraction of sp³-hybridized carbons (Fsp3) is 0.381. The van der Waals surface area contributed by atoms with E-state index in [0.717, 1.165) is 38.4 Å². The van der Waals surface area contributed by atoms with Crippen molar-refractivity contribution in [2.45, 2.75) is 24.9 Å². The first kappa shape index (κ1) is 21.4. The summed E-state index contributed by atoms with van der Waals surface area (Å²) in [7, 11) is -2.50. The normalized spacial score (nSPS) is 15.2. The molecule has 0 amide bonds. The summed E-state index contributed by atoms with van der Waals surface area (Å²) >= 11 is 0. The van der Waals surface area contributed by atoms with Crippen molar-refractivity contribution in [3.8, 4) is 0 Å². The van der Waals surface area contributed by atoms with E-state index in [1.807, 2.05) is 24.3 Å². The SMILES string of the molecule is COC(=O)c1ccc(C)c(S(=O)(=O)NCc2ccc(CN3CCOCC3)cc2)c1. The predicted octanol–water partition coefficient (Wildman–Crippen LogP) is 2.09. The molecule has 2 aromatic rings. The summed E-state index contributed by atoms with van der Waals surface area (Å²) in [6.07, 6.45) is 0. The second-order valence-corrected chi connectivity index (χ2v) is 8.74. The minimum Gasteiger partial charge on any atom is -0.465 e. The van der Waals surface area contributed by atoms with Gasteiger partial charge in [0.05, 0.1) is 30.8 Å². The summed E-state index contributed by atoms with van der Waals surface area (Å²) in [6, 6.07) is 12.4. The van der Waals surface area contributed by atoms with Crippen molar-refractivity contribution in [2.24, 2.45) is 0 Å². The number of carbonyl (C=O) groups excluding carboxylic acids is 1. The molecule has 156 valence electrons. The van der Waals surface area contributed by atoms with E-state index in [4.69, 9.17) is 4.74 Å². The Kier molecular flexibility index (Phi) is 7.02. The van der Waals surface area contributed by atoms with Gasteiger partial charge in [-0.05, 0) is 35.7 Å². The maximum atomic E-state index is 12.7. The van der Waals surface area contributed by atoms with Gasteiger partial charge in [0.2, 0.25) is 10.0 Å². The van der Waals surface area contributed by atoms with E-state index in [2.05, 4.69) is 14.4 Å². The molecule has 1 fully saturated rings. The first-order valence-corrected chi connectivity index (χ1v) is 10.9. The third-order valence-electron chi connectivity index (χ3n) is 4.90. The highest BCUT2D eigenvalue weighted by Gasteiger charge is 2.19. The number of methoxy groups -OCH3 is 1. The Labute approximate surface area is 171 Å². The molecule has 0 aliphatic carbocycles.